The Morgan fingerprint density at radius 1 is 1.07 bits per heavy atom. The number of nitrogens with one attached hydrogen (secondary N) is 2. The summed E-state index contributed by atoms with van der Waals surface area (Å²) in [6.45, 7) is 8.69. The molecule has 0 aromatic heterocycles. The van der Waals surface area contributed by atoms with Crippen molar-refractivity contribution in [1.29, 1.82) is 0 Å². The van der Waals surface area contributed by atoms with E-state index >= 15 is 0 Å². The van der Waals surface area contributed by atoms with Crippen LogP contribution in [0.15, 0.2) is 24.3 Å². The van der Waals surface area contributed by atoms with Gasteiger partial charge in [-0.1, -0.05) is 38.1 Å². The van der Waals surface area contributed by atoms with Crippen LogP contribution < -0.4 is 10.6 Å². The summed E-state index contributed by atoms with van der Waals surface area (Å²) in [6, 6.07) is 7.71. The Kier molecular flexibility index (Phi) is 7.49. The Bertz CT molecular complexity index is 846. The molecule has 2 aliphatic heterocycles. The molecule has 1 aromatic rings. The third-order valence-electron chi connectivity index (χ3n) is 5.71. The van der Waals surface area contributed by atoms with Gasteiger partial charge >= 0.3 is 6.03 Å². The molecule has 2 saturated heterocycles. The molecule has 0 radical (unpaired) electrons. The van der Waals surface area contributed by atoms with Gasteiger partial charge in [-0.25, -0.2) is 13.2 Å². The summed E-state index contributed by atoms with van der Waals surface area (Å²) in [4.78, 5) is 28.5. The average Bonchev–Trinajstić information content (AvgIpc) is 3.01. The van der Waals surface area contributed by atoms with E-state index in [1.54, 1.807) is 0 Å². The number of carbonyl (C=O) groups excluding carboxylic acids is 2. The fourth-order valence-corrected chi connectivity index (χ4v) is 5.54. The Balaban J connectivity index is 1.35. The van der Waals surface area contributed by atoms with Crippen LogP contribution in [0.25, 0.3) is 0 Å². The summed E-state index contributed by atoms with van der Waals surface area (Å²) in [5, 5.41) is 4.88. The molecule has 30 heavy (non-hydrogen) atoms. The van der Waals surface area contributed by atoms with Gasteiger partial charge in [0.15, 0.2) is 9.84 Å². The molecular weight excluding hydrogens is 404 g/mol. The molecule has 1 unspecified atom stereocenters. The maximum atomic E-state index is 12.1. The monoisotopic (exact) mass is 436 g/mol. The van der Waals surface area contributed by atoms with Crippen molar-refractivity contribution in [3.63, 3.8) is 0 Å². The number of hydrogen-bond acceptors (Lipinski definition) is 6. The summed E-state index contributed by atoms with van der Waals surface area (Å²) in [5.74, 6) is 0.183. The van der Waals surface area contributed by atoms with Crippen molar-refractivity contribution in [1.82, 2.24) is 20.4 Å². The molecular formula is C21H32N4O4S. The van der Waals surface area contributed by atoms with Gasteiger partial charge in [-0.15, -0.1) is 0 Å². The summed E-state index contributed by atoms with van der Waals surface area (Å²) < 4.78 is 22.9. The average molecular weight is 437 g/mol. The van der Waals surface area contributed by atoms with Crippen LogP contribution in [0.3, 0.4) is 0 Å². The summed E-state index contributed by atoms with van der Waals surface area (Å²) in [6.07, 6.45) is 0.395. The Morgan fingerprint density at radius 2 is 1.70 bits per heavy atom. The maximum Gasteiger partial charge on any atom is 0.321 e. The highest BCUT2D eigenvalue weighted by Gasteiger charge is 2.29. The third kappa shape index (κ3) is 6.78. The molecule has 3 rings (SSSR count). The first-order chi connectivity index (χ1) is 14.2. The number of piperazine rings is 1. The van der Waals surface area contributed by atoms with Gasteiger partial charge in [-0.3, -0.25) is 19.9 Å². The van der Waals surface area contributed by atoms with Gasteiger partial charge < -0.3 is 5.32 Å². The summed E-state index contributed by atoms with van der Waals surface area (Å²) >= 11 is 0. The lowest BCUT2D eigenvalue weighted by Gasteiger charge is -2.34. The van der Waals surface area contributed by atoms with E-state index in [9.17, 15) is 18.0 Å². The van der Waals surface area contributed by atoms with E-state index in [1.165, 1.54) is 11.1 Å². The molecule has 0 spiro atoms. The number of nitrogens with zero attached hydrogens (tertiary/aromatic N) is 2. The lowest BCUT2D eigenvalue weighted by atomic mass is 10.0. The second-order valence-corrected chi connectivity index (χ2v) is 10.8. The van der Waals surface area contributed by atoms with Crippen LogP contribution in [0.2, 0.25) is 0 Å². The van der Waals surface area contributed by atoms with Crippen molar-refractivity contribution in [2.24, 2.45) is 0 Å². The lowest BCUT2D eigenvalue weighted by molar-refractivity contribution is -0.121. The van der Waals surface area contributed by atoms with Crippen LogP contribution in [-0.4, -0.2) is 80.4 Å². The minimum Gasteiger partial charge on any atom is -0.334 e. The number of imide groups is 1. The van der Waals surface area contributed by atoms with Crippen molar-refractivity contribution in [3.8, 4) is 0 Å². The van der Waals surface area contributed by atoms with E-state index in [-0.39, 0.29) is 24.0 Å². The molecule has 0 bridgehead atoms. The molecule has 2 heterocycles. The van der Waals surface area contributed by atoms with E-state index in [4.69, 9.17) is 0 Å². The van der Waals surface area contributed by atoms with Gasteiger partial charge in [-0.05, 0) is 23.5 Å². The number of amides is 3. The second-order valence-electron chi connectivity index (χ2n) is 8.57. The Hall–Kier alpha value is -1.97. The number of hydrogen-bond donors (Lipinski definition) is 2. The molecule has 0 saturated carbocycles. The fourth-order valence-electron chi connectivity index (χ4n) is 3.87. The maximum absolute atomic E-state index is 12.1. The van der Waals surface area contributed by atoms with Gasteiger partial charge in [0, 0.05) is 38.8 Å². The van der Waals surface area contributed by atoms with Crippen LogP contribution >= 0.6 is 0 Å². The minimum absolute atomic E-state index is 0.0588. The first-order valence-corrected chi connectivity index (χ1v) is 12.4. The van der Waals surface area contributed by atoms with E-state index in [0.717, 1.165) is 32.7 Å². The van der Waals surface area contributed by atoms with Crippen LogP contribution in [-0.2, 0) is 21.2 Å². The lowest BCUT2D eigenvalue weighted by Crippen LogP contribution is -2.51. The van der Waals surface area contributed by atoms with Crippen LogP contribution in [0.4, 0.5) is 4.79 Å². The number of sulfone groups is 1. The molecule has 1 aromatic carbocycles. The highest BCUT2D eigenvalue weighted by molar-refractivity contribution is 7.91. The van der Waals surface area contributed by atoms with Crippen molar-refractivity contribution < 1.29 is 18.0 Å². The van der Waals surface area contributed by atoms with Crippen LogP contribution in [0.1, 0.15) is 37.3 Å². The van der Waals surface area contributed by atoms with E-state index in [2.05, 4.69) is 53.6 Å². The predicted molar refractivity (Wildman–Crippen MR) is 116 cm³/mol. The summed E-state index contributed by atoms with van der Waals surface area (Å²) in [5.41, 5.74) is 2.63. The molecule has 2 fully saturated rings. The smallest absolute Gasteiger partial charge is 0.321 e. The first kappa shape index (κ1) is 22.7. The fraction of sp³-hybridized carbons (Fsp3) is 0.619. The molecule has 8 nitrogen and oxygen atoms in total. The highest BCUT2D eigenvalue weighted by Crippen LogP contribution is 2.16. The zero-order valence-electron chi connectivity index (χ0n) is 17.8. The van der Waals surface area contributed by atoms with Crippen molar-refractivity contribution in [2.75, 3.05) is 44.2 Å². The molecule has 3 amide bonds. The number of urea groups is 1. The zero-order valence-corrected chi connectivity index (χ0v) is 18.6. The van der Waals surface area contributed by atoms with Gasteiger partial charge in [0.05, 0.1) is 18.1 Å². The normalized spacial score (nSPS) is 22.2. The quantitative estimate of drug-likeness (QED) is 0.689. The molecule has 2 N–H and O–H groups in total. The van der Waals surface area contributed by atoms with Crippen molar-refractivity contribution >= 4 is 21.8 Å². The van der Waals surface area contributed by atoms with Gasteiger partial charge in [0.25, 0.3) is 0 Å². The zero-order chi connectivity index (χ0) is 21.7. The van der Waals surface area contributed by atoms with Crippen molar-refractivity contribution in [2.45, 2.75) is 38.8 Å². The van der Waals surface area contributed by atoms with E-state index in [0.29, 0.717) is 12.3 Å². The van der Waals surface area contributed by atoms with Crippen LogP contribution in [0.5, 0.6) is 0 Å². The standard InChI is InChI=1S/C21H32N4O4S/c1-16(2)18-5-3-17(4-6-18)13-24-8-10-25(11-9-24)14-20(26)23-21(27)22-19-7-12-30(28,29)15-19/h3-6,16,19H,7-15H2,1-2H3,(H2,22,23,26,27). The van der Waals surface area contributed by atoms with Crippen LogP contribution in [0, 0.1) is 0 Å². The number of benzene rings is 1. The van der Waals surface area contributed by atoms with Crippen molar-refractivity contribution in [3.05, 3.63) is 35.4 Å². The topological polar surface area (TPSA) is 98.8 Å². The molecule has 0 aliphatic carbocycles. The second kappa shape index (κ2) is 9.89. The Morgan fingerprint density at radius 3 is 2.27 bits per heavy atom. The third-order valence-corrected chi connectivity index (χ3v) is 7.47. The SMILES string of the molecule is CC(C)c1ccc(CN2CCN(CC(=O)NC(=O)NC3CCS(=O)(=O)C3)CC2)cc1. The molecule has 166 valence electrons. The largest absolute Gasteiger partial charge is 0.334 e. The number of rotatable bonds is 6. The van der Waals surface area contributed by atoms with Gasteiger partial charge in [-0.2, -0.15) is 0 Å². The van der Waals surface area contributed by atoms with E-state index in [1.807, 2.05) is 4.90 Å². The predicted octanol–water partition coefficient (Wildman–Crippen LogP) is 0.941. The molecule has 2 aliphatic rings. The minimum atomic E-state index is -3.07. The van der Waals surface area contributed by atoms with Gasteiger partial charge in [0.1, 0.15) is 0 Å². The van der Waals surface area contributed by atoms with Gasteiger partial charge in [0.2, 0.25) is 5.91 Å². The summed E-state index contributed by atoms with van der Waals surface area (Å²) in [7, 11) is -3.07. The Labute approximate surface area is 178 Å². The first-order valence-electron chi connectivity index (χ1n) is 10.5. The molecule has 1 atom stereocenters. The molecule has 9 heteroatoms. The highest BCUT2D eigenvalue weighted by atomic mass is 32.2. The van der Waals surface area contributed by atoms with E-state index < -0.39 is 21.9 Å². The number of carbonyl (C=O) groups is 2.